The second-order valence-corrected chi connectivity index (χ2v) is 7.04. The van der Waals surface area contributed by atoms with Gasteiger partial charge in [-0.3, -0.25) is 4.79 Å². The lowest BCUT2D eigenvalue weighted by Gasteiger charge is -2.38. The molecule has 0 aliphatic heterocycles. The fourth-order valence-corrected chi connectivity index (χ4v) is 3.75. The number of halogens is 2. The van der Waals surface area contributed by atoms with Gasteiger partial charge in [0.25, 0.3) is 0 Å². The van der Waals surface area contributed by atoms with Gasteiger partial charge in [0, 0.05) is 17.6 Å². The predicted octanol–water partition coefficient (Wildman–Crippen LogP) is 4.39. The van der Waals surface area contributed by atoms with E-state index in [-0.39, 0.29) is 29.5 Å². The van der Waals surface area contributed by atoms with E-state index in [1.807, 2.05) is 36.4 Å². The lowest BCUT2D eigenvalue weighted by molar-refractivity contribution is -0.120. The summed E-state index contributed by atoms with van der Waals surface area (Å²) >= 11 is 0. The fraction of sp³-hybridized carbons (Fsp3) is 0.381. The van der Waals surface area contributed by atoms with Crippen LogP contribution in [0.4, 0.5) is 10.1 Å². The van der Waals surface area contributed by atoms with Crippen molar-refractivity contribution in [2.24, 2.45) is 0 Å². The van der Waals surface area contributed by atoms with Crippen molar-refractivity contribution in [1.82, 2.24) is 5.32 Å². The number of nitrogen functional groups attached to an aromatic ring is 1. The molecule has 0 bridgehead atoms. The highest BCUT2D eigenvalue weighted by molar-refractivity contribution is 5.85. The van der Waals surface area contributed by atoms with E-state index < -0.39 is 0 Å². The molecule has 1 fully saturated rings. The lowest BCUT2D eigenvalue weighted by Crippen LogP contribution is -2.42. The number of amides is 1. The average molecular weight is 377 g/mol. The Morgan fingerprint density at radius 1 is 1.00 bits per heavy atom. The molecule has 0 aromatic heterocycles. The molecule has 0 spiro atoms. The van der Waals surface area contributed by atoms with Crippen LogP contribution in [-0.2, 0) is 16.6 Å². The maximum absolute atomic E-state index is 13.3. The molecule has 0 heterocycles. The van der Waals surface area contributed by atoms with Gasteiger partial charge in [0.05, 0.1) is 6.42 Å². The van der Waals surface area contributed by atoms with Gasteiger partial charge >= 0.3 is 0 Å². The molecule has 3 rings (SSSR count). The minimum atomic E-state index is -0.220. The minimum absolute atomic E-state index is 0. The van der Waals surface area contributed by atoms with E-state index in [0.717, 1.165) is 36.8 Å². The normalized spacial score (nSPS) is 15.7. The van der Waals surface area contributed by atoms with Crippen molar-refractivity contribution < 1.29 is 9.18 Å². The van der Waals surface area contributed by atoms with Gasteiger partial charge in [-0.05, 0) is 48.2 Å². The molecule has 140 valence electrons. The smallest absolute Gasteiger partial charge is 0.224 e. The minimum Gasteiger partial charge on any atom is -0.399 e. The molecule has 26 heavy (non-hydrogen) atoms. The number of hydrogen-bond donors (Lipinski definition) is 2. The van der Waals surface area contributed by atoms with Crippen LogP contribution >= 0.6 is 12.4 Å². The van der Waals surface area contributed by atoms with E-state index in [1.54, 1.807) is 0 Å². The number of benzene rings is 2. The van der Waals surface area contributed by atoms with Gasteiger partial charge in [-0.25, -0.2) is 4.39 Å². The maximum atomic E-state index is 13.3. The molecule has 1 amide bonds. The number of anilines is 1. The summed E-state index contributed by atoms with van der Waals surface area (Å²) in [6.07, 6.45) is 5.92. The summed E-state index contributed by atoms with van der Waals surface area (Å²) in [4.78, 5) is 12.4. The topological polar surface area (TPSA) is 55.1 Å². The first kappa shape index (κ1) is 20.2. The SMILES string of the molecule is Cl.Nc1ccc(CC(=O)NCC2(c3ccc(F)cc3)CCCCC2)cc1. The Morgan fingerprint density at radius 2 is 1.62 bits per heavy atom. The van der Waals surface area contributed by atoms with Gasteiger partial charge in [-0.15, -0.1) is 12.4 Å². The Hall–Kier alpha value is -2.07. The number of hydrogen-bond acceptors (Lipinski definition) is 2. The molecule has 0 saturated heterocycles. The third-order valence-electron chi connectivity index (χ3n) is 5.24. The Morgan fingerprint density at radius 3 is 2.23 bits per heavy atom. The zero-order valence-corrected chi connectivity index (χ0v) is 15.7. The first-order valence-electron chi connectivity index (χ1n) is 8.95. The third-order valence-corrected chi connectivity index (χ3v) is 5.24. The van der Waals surface area contributed by atoms with Crippen LogP contribution in [-0.4, -0.2) is 12.5 Å². The van der Waals surface area contributed by atoms with Crippen LogP contribution in [0.1, 0.15) is 43.2 Å². The Balaban J connectivity index is 0.00000243. The van der Waals surface area contributed by atoms with Crippen molar-refractivity contribution in [3.63, 3.8) is 0 Å². The fourth-order valence-electron chi connectivity index (χ4n) is 3.75. The van der Waals surface area contributed by atoms with E-state index >= 15 is 0 Å². The van der Waals surface area contributed by atoms with E-state index in [1.165, 1.54) is 18.6 Å². The van der Waals surface area contributed by atoms with E-state index in [9.17, 15) is 9.18 Å². The second-order valence-electron chi connectivity index (χ2n) is 7.04. The molecule has 0 atom stereocenters. The van der Waals surface area contributed by atoms with Gasteiger partial charge in [-0.1, -0.05) is 43.5 Å². The second kappa shape index (κ2) is 9.04. The summed E-state index contributed by atoms with van der Waals surface area (Å²) in [5.41, 5.74) is 8.37. The summed E-state index contributed by atoms with van der Waals surface area (Å²) in [5.74, 6) is -0.209. The van der Waals surface area contributed by atoms with Crippen molar-refractivity contribution in [2.75, 3.05) is 12.3 Å². The van der Waals surface area contributed by atoms with Crippen molar-refractivity contribution in [3.8, 4) is 0 Å². The largest absolute Gasteiger partial charge is 0.399 e. The van der Waals surface area contributed by atoms with Crippen LogP contribution in [0.5, 0.6) is 0 Å². The number of nitrogens with two attached hydrogens (primary N) is 1. The van der Waals surface area contributed by atoms with Crippen molar-refractivity contribution in [2.45, 2.75) is 43.9 Å². The van der Waals surface area contributed by atoms with Crippen LogP contribution in [0.15, 0.2) is 48.5 Å². The lowest BCUT2D eigenvalue weighted by atomic mass is 9.69. The summed E-state index contributed by atoms with van der Waals surface area (Å²) in [7, 11) is 0. The van der Waals surface area contributed by atoms with Crippen LogP contribution in [0.2, 0.25) is 0 Å². The van der Waals surface area contributed by atoms with Crippen molar-refractivity contribution >= 4 is 24.0 Å². The van der Waals surface area contributed by atoms with E-state index in [4.69, 9.17) is 5.73 Å². The summed E-state index contributed by atoms with van der Waals surface area (Å²) in [6, 6.07) is 14.1. The Labute approximate surface area is 160 Å². The molecule has 3 N–H and O–H groups in total. The van der Waals surface area contributed by atoms with Gasteiger partial charge in [-0.2, -0.15) is 0 Å². The molecule has 0 unspecified atom stereocenters. The zero-order chi connectivity index (χ0) is 17.7. The summed E-state index contributed by atoms with van der Waals surface area (Å²) < 4.78 is 13.3. The first-order chi connectivity index (χ1) is 12.1. The highest BCUT2D eigenvalue weighted by atomic mass is 35.5. The van der Waals surface area contributed by atoms with Gasteiger partial charge in [0.2, 0.25) is 5.91 Å². The molecule has 2 aromatic carbocycles. The number of rotatable bonds is 5. The van der Waals surface area contributed by atoms with Crippen LogP contribution < -0.4 is 11.1 Å². The predicted molar refractivity (Wildman–Crippen MR) is 106 cm³/mol. The molecule has 1 saturated carbocycles. The highest BCUT2D eigenvalue weighted by Crippen LogP contribution is 2.39. The van der Waals surface area contributed by atoms with E-state index in [2.05, 4.69) is 5.32 Å². The maximum Gasteiger partial charge on any atom is 0.224 e. The van der Waals surface area contributed by atoms with Crippen molar-refractivity contribution in [1.29, 1.82) is 0 Å². The highest BCUT2D eigenvalue weighted by Gasteiger charge is 2.34. The molecule has 0 radical (unpaired) electrons. The first-order valence-corrected chi connectivity index (χ1v) is 8.95. The van der Waals surface area contributed by atoms with Crippen LogP contribution in [0, 0.1) is 5.82 Å². The molecule has 2 aromatic rings. The standard InChI is InChI=1S/C21H25FN2O.ClH/c22-18-8-6-17(7-9-18)21(12-2-1-3-13-21)15-24-20(25)14-16-4-10-19(23)11-5-16;/h4-11H,1-3,12-15,23H2,(H,24,25);1H. The quantitative estimate of drug-likeness (QED) is 0.760. The van der Waals surface area contributed by atoms with E-state index in [0.29, 0.717) is 18.7 Å². The van der Waals surface area contributed by atoms with Crippen molar-refractivity contribution in [3.05, 3.63) is 65.5 Å². The van der Waals surface area contributed by atoms with Crippen LogP contribution in [0.25, 0.3) is 0 Å². The molecule has 1 aliphatic rings. The van der Waals surface area contributed by atoms with Gasteiger partial charge in [0.1, 0.15) is 5.82 Å². The number of nitrogens with one attached hydrogen (secondary N) is 1. The molecule has 5 heteroatoms. The molecule has 1 aliphatic carbocycles. The Kier molecular flexibility index (Phi) is 7.04. The van der Waals surface area contributed by atoms with Crippen LogP contribution in [0.3, 0.4) is 0 Å². The van der Waals surface area contributed by atoms with Gasteiger partial charge in [0.15, 0.2) is 0 Å². The third kappa shape index (κ3) is 4.98. The molecular weight excluding hydrogens is 351 g/mol. The summed E-state index contributed by atoms with van der Waals surface area (Å²) in [5, 5.41) is 3.11. The monoisotopic (exact) mass is 376 g/mol. The Bertz CT molecular complexity index is 710. The number of carbonyl (C=O) groups is 1. The molecule has 3 nitrogen and oxygen atoms in total. The number of carbonyl (C=O) groups excluding carboxylic acids is 1. The van der Waals surface area contributed by atoms with Gasteiger partial charge < -0.3 is 11.1 Å². The molecular formula is C21H26ClFN2O. The zero-order valence-electron chi connectivity index (χ0n) is 14.8. The summed E-state index contributed by atoms with van der Waals surface area (Å²) in [6.45, 7) is 0.604. The average Bonchev–Trinajstić information content (AvgIpc) is 2.63.